The van der Waals surface area contributed by atoms with E-state index in [0.29, 0.717) is 12.6 Å². The Labute approximate surface area is 174 Å². The van der Waals surface area contributed by atoms with Gasteiger partial charge in [-0.25, -0.2) is 4.99 Å². The van der Waals surface area contributed by atoms with Crippen LogP contribution >= 0.6 is 0 Å². The highest BCUT2D eigenvalue weighted by Crippen LogP contribution is 2.26. The maximum absolute atomic E-state index is 5.39. The van der Waals surface area contributed by atoms with Gasteiger partial charge in [0.2, 0.25) is 0 Å². The van der Waals surface area contributed by atoms with Crippen LogP contribution in [-0.2, 0) is 19.0 Å². The molecule has 1 aliphatic rings. The number of aliphatic imine (C=N–C) groups is 1. The lowest BCUT2D eigenvalue weighted by Crippen LogP contribution is -2.46. The maximum Gasteiger partial charge on any atom is 0.191 e. The van der Waals surface area contributed by atoms with Gasteiger partial charge in [-0.2, -0.15) is 0 Å². The summed E-state index contributed by atoms with van der Waals surface area (Å²) in [5.41, 5.74) is 1.15. The lowest BCUT2D eigenvalue weighted by Gasteiger charge is -2.28. The van der Waals surface area contributed by atoms with Crippen LogP contribution in [0.15, 0.2) is 29.3 Å². The molecule has 2 N–H and O–H groups in total. The van der Waals surface area contributed by atoms with Crippen LogP contribution in [0.2, 0.25) is 0 Å². The number of ether oxygens (including phenoxy) is 1. The van der Waals surface area contributed by atoms with Crippen molar-refractivity contribution in [3.05, 3.63) is 41.5 Å². The van der Waals surface area contributed by atoms with E-state index in [0.717, 1.165) is 29.9 Å². The zero-order valence-corrected chi connectivity index (χ0v) is 18.3. The van der Waals surface area contributed by atoms with E-state index in [1.165, 1.54) is 31.2 Å². The molecule has 1 aromatic carbocycles. The normalized spacial score (nSPS) is 15.6. The Morgan fingerprint density at radius 1 is 1.28 bits per heavy atom. The van der Waals surface area contributed by atoms with Gasteiger partial charge in [0.15, 0.2) is 11.8 Å². The van der Waals surface area contributed by atoms with Crippen molar-refractivity contribution in [3.8, 4) is 5.75 Å². The monoisotopic (exact) mass is 398 g/mol. The molecule has 0 aliphatic heterocycles. The topological polar surface area (TPSA) is 76.4 Å². The summed E-state index contributed by atoms with van der Waals surface area (Å²) in [6.45, 7) is 7.67. The molecule has 3 rings (SSSR count). The molecule has 0 amide bonds. The Morgan fingerprint density at radius 3 is 2.69 bits per heavy atom. The molecule has 1 saturated carbocycles. The standard InChI is InChI=1S/C22H34N6O/c1-16-26-27-20(28(16)4)14-23-21(25-18-10-6-7-11-18)24-15-22(2,3)17-9-8-12-19(13-17)29-5/h8-9,12-13,18H,6-7,10-11,14-15H2,1-5H3,(H2,23,24,25). The fourth-order valence-electron chi connectivity index (χ4n) is 3.61. The summed E-state index contributed by atoms with van der Waals surface area (Å²) < 4.78 is 7.38. The van der Waals surface area contributed by atoms with Crippen molar-refractivity contribution in [2.45, 2.75) is 64.5 Å². The largest absolute Gasteiger partial charge is 0.497 e. The molecule has 1 heterocycles. The van der Waals surface area contributed by atoms with E-state index >= 15 is 0 Å². The van der Waals surface area contributed by atoms with Crippen molar-refractivity contribution < 1.29 is 4.74 Å². The molecule has 29 heavy (non-hydrogen) atoms. The average Bonchev–Trinajstić information content (AvgIpc) is 3.34. The quantitative estimate of drug-likeness (QED) is 0.554. The summed E-state index contributed by atoms with van der Waals surface area (Å²) >= 11 is 0. The van der Waals surface area contributed by atoms with Crippen molar-refractivity contribution in [1.29, 1.82) is 0 Å². The molecule has 1 fully saturated rings. The Morgan fingerprint density at radius 2 is 2.03 bits per heavy atom. The SMILES string of the molecule is COc1cccc(C(C)(C)CNC(=NCc2nnc(C)n2C)NC2CCCC2)c1. The van der Waals surface area contributed by atoms with Gasteiger partial charge in [-0.3, -0.25) is 0 Å². The molecule has 0 bridgehead atoms. The number of hydrogen-bond acceptors (Lipinski definition) is 4. The fourth-order valence-corrected chi connectivity index (χ4v) is 3.61. The smallest absolute Gasteiger partial charge is 0.191 e. The van der Waals surface area contributed by atoms with Crippen molar-refractivity contribution >= 4 is 5.96 Å². The first-order chi connectivity index (χ1) is 13.9. The molecule has 158 valence electrons. The van der Waals surface area contributed by atoms with Crippen LogP contribution in [-0.4, -0.2) is 40.4 Å². The molecular weight excluding hydrogens is 364 g/mol. The lowest BCUT2D eigenvalue weighted by atomic mass is 9.84. The van der Waals surface area contributed by atoms with Gasteiger partial charge in [0.1, 0.15) is 18.1 Å². The Bertz CT molecular complexity index is 836. The number of hydrogen-bond donors (Lipinski definition) is 2. The van der Waals surface area contributed by atoms with Gasteiger partial charge in [0.25, 0.3) is 0 Å². The number of nitrogens with one attached hydrogen (secondary N) is 2. The number of aromatic nitrogens is 3. The Balaban J connectivity index is 1.71. The van der Waals surface area contributed by atoms with E-state index in [9.17, 15) is 0 Å². The summed E-state index contributed by atoms with van der Waals surface area (Å²) in [6, 6.07) is 8.75. The molecule has 0 spiro atoms. The first-order valence-electron chi connectivity index (χ1n) is 10.4. The second-order valence-corrected chi connectivity index (χ2v) is 8.48. The van der Waals surface area contributed by atoms with Crippen LogP contribution in [0.25, 0.3) is 0 Å². The first-order valence-corrected chi connectivity index (χ1v) is 10.4. The van der Waals surface area contributed by atoms with Crippen molar-refractivity contribution in [3.63, 3.8) is 0 Å². The van der Waals surface area contributed by atoms with Gasteiger partial charge in [-0.15, -0.1) is 10.2 Å². The van der Waals surface area contributed by atoms with E-state index < -0.39 is 0 Å². The van der Waals surface area contributed by atoms with Gasteiger partial charge in [0.05, 0.1) is 7.11 Å². The predicted molar refractivity (Wildman–Crippen MR) is 116 cm³/mol. The van der Waals surface area contributed by atoms with Crippen molar-refractivity contribution in [2.24, 2.45) is 12.0 Å². The highest BCUT2D eigenvalue weighted by Gasteiger charge is 2.23. The van der Waals surface area contributed by atoms with Crippen LogP contribution in [0.1, 0.15) is 56.7 Å². The number of methoxy groups -OCH3 is 1. The first kappa shape index (κ1) is 21.1. The minimum absolute atomic E-state index is 0.0754. The van der Waals surface area contributed by atoms with Crippen molar-refractivity contribution in [1.82, 2.24) is 25.4 Å². The Kier molecular flexibility index (Phi) is 6.77. The number of rotatable bonds is 7. The van der Waals surface area contributed by atoms with Crippen LogP contribution in [0.5, 0.6) is 5.75 Å². The molecule has 0 radical (unpaired) electrons. The molecule has 0 saturated heterocycles. The lowest BCUT2D eigenvalue weighted by molar-refractivity contribution is 0.411. The summed E-state index contributed by atoms with van der Waals surface area (Å²) in [5, 5.41) is 15.5. The summed E-state index contributed by atoms with van der Waals surface area (Å²) in [5.74, 6) is 3.48. The zero-order valence-electron chi connectivity index (χ0n) is 18.3. The third kappa shape index (κ3) is 5.49. The van der Waals surface area contributed by atoms with Gasteiger partial charge < -0.3 is 19.9 Å². The Hall–Kier alpha value is -2.57. The minimum atomic E-state index is -0.0754. The number of nitrogens with zero attached hydrogens (tertiary/aromatic N) is 4. The van der Waals surface area contributed by atoms with Crippen LogP contribution in [0.3, 0.4) is 0 Å². The van der Waals surface area contributed by atoms with E-state index in [1.54, 1.807) is 7.11 Å². The minimum Gasteiger partial charge on any atom is -0.497 e. The summed E-state index contributed by atoms with van der Waals surface area (Å²) in [7, 11) is 3.68. The zero-order chi connectivity index (χ0) is 20.9. The van der Waals surface area contributed by atoms with Crippen LogP contribution < -0.4 is 15.4 Å². The number of benzene rings is 1. The highest BCUT2D eigenvalue weighted by molar-refractivity contribution is 5.80. The maximum atomic E-state index is 5.39. The summed E-state index contributed by atoms with van der Waals surface area (Å²) in [4.78, 5) is 4.81. The number of aryl methyl sites for hydroxylation is 1. The van der Waals surface area contributed by atoms with Gasteiger partial charge >= 0.3 is 0 Å². The third-order valence-electron chi connectivity index (χ3n) is 5.81. The second-order valence-electron chi connectivity index (χ2n) is 8.48. The average molecular weight is 399 g/mol. The van der Waals surface area contributed by atoms with Gasteiger partial charge in [0, 0.05) is 25.0 Å². The van der Waals surface area contributed by atoms with Crippen molar-refractivity contribution in [2.75, 3.05) is 13.7 Å². The number of guanidine groups is 1. The highest BCUT2D eigenvalue weighted by atomic mass is 16.5. The van der Waals surface area contributed by atoms with E-state index in [1.807, 2.05) is 30.7 Å². The molecule has 2 aromatic rings. The molecule has 1 aliphatic carbocycles. The van der Waals surface area contributed by atoms with Crippen LogP contribution in [0, 0.1) is 6.92 Å². The van der Waals surface area contributed by atoms with Gasteiger partial charge in [-0.1, -0.05) is 38.8 Å². The molecule has 0 unspecified atom stereocenters. The molecular formula is C22H34N6O. The van der Waals surface area contributed by atoms with Crippen LogP contribution in [0.4, 0.5) is 0 Å². The van der Waals surface area contributed by atoms with E-state index in [-0.39, 0.29) is 5.41 Å². The fraction of sp³-hybridized carbons (Fsp3) is 0.591. The molecule has 0 atom stereocenters. The third-order valence-corrected chi connectivity index (χ3v) is 5.81. The second kappa shape index (κ2) is 9.29. The molecule has 7 heteroatoms. The molecule has 1 aromatic heterocycles. The van der Waals surface area contributed by atoms with E-state index in [4.69, 9.17) is 9.73 Å². The van der Waals surface area contributed by atoms with E-state index in [2.05, 4.69) is 46.8 Å². The van der Waals surface area contributed by atoms with Gasteiger partial charge in [-0.05, 0) is 37.5 Å². The predicted octanol–water partition coefficient (Wildman–Crippen LogP) is 3.09. The summed E-state index contributed by atoms with van der Waals surface area (Å²) in [6.07, 6.45) is 4.96. The molecule has 7 nitrogen and oxygen atoms in total.